The van der Waals surface area contributed by atoms with Gasteiger partial charge in [0.15, 0.2) is 5.41 Å². The maximum atomic E-state index is 17.4. The Morgan fingerprint density at radius 2 is 0.901 bits per heavy atom. The Morgan fingerprint density at radius 1 is 0.521 bits per heavy atom. The number of aliphatic hydroxyl groups is 1. The number of aliphatic carboxylic acids is 1. The molecule has 27 heteroatoms. The first-order valence-corrected chi connectivity index (χ1v) is 17.2. The number of hydrogen-bond acceptors (Lipinski definition) is 6. The summed E-state index contributed by atoms with van der Waals surface area (Å²) < 4.78 is 301. The Bertz CT molecular complexity index is 1950. The monoisotopic (exact) mass is 1080 g/mol. The largest absolute Gasteiger partial charge is 0.481 e. The lowest BCUT2D eigenvalue weighted by atomic mass is 9.65. The van der Waals surface area contributed by atoms with Crippen molar-refractivity contribution in [2.75, 3.05) is 0 Å². The van der Waals surface area contributed by atoms with E-state index in [4.69, 9.17) is 0 Å². The predicted molar refractivity (Wildman–Crippen MR) is 225 cm³/mol. The molecule has 0 saturated heterocycles. The first-order valence-electron chi connectivity index (χ1n) is 17.2. The van der Waals surface area contributed by atoms with Crippen molar-refractivity contribution in [1.82, 2.24) is 0 Å². The lowest BCUT2D eigenvalue weighted by Crippen LogP contribution is -2.73. The van der Waals surface area contributed by atoms with Crippen LogP contribution >= 0.6 is 0 Å². The third kappa shape index (κ3) is 14.8. The van der Waals surface area contributed by atoms with Crippen LogP contribution < -0.4 is 0 Å². The fourth-order valence-electron chi connectivity index (χ4n) is 6.25. The molecule has 0 aliphatic rings. The molecule has 0 aromatic heterocycles. The van der Waals surface area contributed by atoms with E-state index in [2.05, 4.69) is 9.47 Å². The van der Waals surface area contributed by atoms with Gasteiger partial charge in [0.1, 0.15) is 5.60 Å². The first-order chi connectivity index (χ1) is 27.8. The van der Waals surface area contributed by atoms with Gasteiger partial charge in [0.25, 0.3) is 11.2 Å². The van der Waals surface area contributed by atoms with Crippen molar-refractivity contribution in [3.63, 3.8) is 0 Å². The van der Waals surface area contributed by atoms with Crippen LogP contribution in [0.4, 0.5) is 87.8 Å². The molecule has 71 heavy (non-hydrogen) atoms. The smallest absolute Gasteiger partial charge is 0.434 e. The SMILES string of the molecule is C.C.C.C.C.C.C.C.CCC(C(=O)OC(C)(C)C)(C(F)(F)F)C(F)(F)C(CC(CC(C)(C(=O)O)C(F)(F)F)c1ccc(C(O)(C(F)(F)F)C(F)(F)F)cc1)(OC(=O)c1ccc(C(F)(F)F)cc1)C(F)(F)F. The van der Waals surface area contributed by atoms with Crippen LogP contribution in [-0.2, 0) is 30.8 Å². The summed E-state index contributed by atoms with van der Waals surface area (Å²) in [6.45, 7) is 1.79. The number of carbonyl (C=O) groups excluding carboxylic acids is 2. The third-order valence-electron chi connectivity index (χ3n) is 9.88. The van der Waals surface area contributed by atoms with Crippen LogP contribution in [-0.4, -0.2) is 76.1 Å². The Hall–Kier alpha value is -4.59. The highest BCUT2D eigenvalue weighted by Gasteiger charge is 2.87. The van der Waals surface area contributed by atoms with Gasteiger partial charge < -0.3 is 19.7 Å². The fourth-order valence-corrected chi connectivity index (χ4v) is 6.25. The van der Waals surface area contributed by atoms with E-state index in [9.17, 15) is 77.3 Å². The molecule has 0 saturated carbocycles. The highest BCUT2D eigenvalue weighted by Crippen LogP contribution is 2.64. The lowest BCUT2D eigenvalue weighted by Gasteiger charge is -2.50. The molecule has 2 aromatic carbocycles. The molecule has 4 unspecified atom stereocenters. The van der Waals surface area contributed by atoms with Crippen molar-refractivity contribution >= 4 is 17.9 Å². The van der Waals surface area contributed by atoms with Gasteiger partial charge in [0, 0.05) is 12.0 Å². The molecule has 2 rings (SSSR count). The Balaban J connectivity index is -0.00000102. The zero-order valence-corrected chi connectivity index (χ0v) is 32.3. The summed E-state index contributed by atoms with van der Waals surface area (Å²) in [5, 5.41) is 19.3. The second-order valence-electron chi connectivity index (χ2n) is 15.2. The van der Waals surface area contributed by atoms with Gasteiger partial charge in [-0.3, -0.25) is 9.59 Å². The van der Waals surface area contributed by atoms with Crippen LogP contribution in [0.2, 0.25) is 0 Å². The molecule has 0 radical (unpaired) electrons. The number of esters is 2. The fraction of sp³-hybridized carbons (Fsp3) is 0.659. The van der Waals surface area contributed by atoms with Crippen molar-refractivity contribution in [3.8, 4) is 0 Å². The lowest BCUT2D eigenvalue weighted by molar-refractivity contribution is -0.391. The molecule has 0 amide bonds. The molecule has 0 spiro atoms. The summed E-state index contributed by atoms with van der Waals surface area (Å²) in [7, 11) is 0. The van der Waals surface area contributed by atoms with Gasteiger partial charge in [0.2, 0.25) is 5.41 Å². The molecule has 4 atom stereocenters. The number of rotatable bonds is 13. The van der Waals surface area contributed by atoms with Gasteiger partial charge >= 0.3 is 60.9 Å². The van der Waals surface area contributed by atoms with E-state index >= 15 is 35.1 Å². The standard InChI is InChI=1S/C36H32F20O7.8CH4/c1-6-27(33(45,46)47,24(60)63-25(2,3)4)31(40,41)28(34(48,49)50,62-22(57)18-9-13-21(14-10-18)30(37,38)39)16-19(15-26(5,23(58)59)32(42,43)44)17-7-11-20(12-8-17)29(61,35(51,52)53)36(54,55)56;;;;;;;;/h7-14,19,61H,6,15-16H2,1-5H3,(H,58,59);8*1H4. The Labute approximate surface area is 400 Å². The molecule has 0 fully saturated rings. The molecule has 7 nitrogen and oxygen atoms in total. The maximum absolute atomic E-state index is 17.4. The van der Waals surface area contributed by atoms with E-state index < -0.39 is 148 Å². The van der Waals surface area contributed by atoms with Gasteiger partial charge in [-0.2, -0.15) is 79.0 Å². The molecule has 422 valence electrons. The molecule has 2 N–H and O–H groups in total. The molecule has 0 bridgehead atoms. The quantitative estimate of drug-likeness (QED) is 0.152. The summed E-state index contributed by atoms with van der Waals surface area (Å²) in [6, 6.07) is -1.87. The molecule has 0 aliphatic carbocycles. The number of hydrogen-bond donors (Lipinski definition) is 2. The molecule has 0 heterocycles. The van der Waals surface area contributed by atoms with Gasteiger partial charge in [-0.25, -0.2) is 13.6 Å². The summed E-state index contributed by atoms with van der Waals surface area (Å²) in [6.07, 6.45) is -47.7. The molecular formula is C44H64F20O7. The van der Waals surface area contributed by atoms with Crippen LogP contribution in [0.5, 0.6) is 0 Å². The first kappa shape index (κ1) is 80.5. The Kier molecular flexibility index (Phi) is 28.2. The third-order valence-corrected chi connectivity index (χ3v) is 9.88. The summed E-state index contributed by atoms with van der Waals surface area (Å²) in [5.74, 6) is -20.0. The average molecular weight is 1080 g/mol. The minimum absolute atomic E-state index is 0. The van der Waals surface area contributed by atoms with E-state index in [1.807, 2.05) is 0 Å². The molecular weight excluding hydrogens is 1020 g/mol. The summed E-state index contributed by atoms with van der Waals surface area (Å²) >= 11 is 0. The topological polar surface area (TPSA) is 110 Å². The van der Waals surface area contributed by atoms with Crippen LogP contribution in [0.15, 0.2) is 48.5 Å². The summed E-state index contributed by atoms with van der Waals surface area (Å²) in [5.41, 5.74) is -32.3. The minimum atomic E-state index is -7.35. The number of benzene rings is 2. The van der Waals surface area contributed by atoms with Crippen LogP contribution in [0.25, 0.3) is 0 Å². The second kappa shape index (κ2) is 24.9. The number of carboxylic acids is 1. The van der Waals surface area contributed by atoms with Crippen molar-refractivity contribution in [2.45, 2.75) is 179 Å². The highest BCUT2D eigenvalue weighted by atomic mass is 19.4. The molecule has 0 aliphatic heterocycles. The van der Waals surface area contributed by atoms with E-state index in [-0.39, 0.29) is 110 Å². The maximum Gasteiger partial charge on any atom is 0.434 e. The van der Waals surface area contributed by atoms with Gasteiger partial charge in [-0.05, 0) is 76.3 Å². The van der Waals surface area contributed by atoms with Crippen molar-refractivity contribution in [3.05, 3.63) is 70.8 Å². The van der Waals surface area contributed by atoms with Crippen LogP contribution in [0.1, 0.15) is 146 Å². The number of carboxylic acid groups (broad SMARTS) is 1. The summed E-state index contributed by atoms with van der Waals surface area (Å²) in [4.78, 5) is 38.7. The van der Waals surface area contributed by atoms with Crippen molar-refractivity contribution < 1.29 is 122 Å². The van der Waals surface area contributed by atoms with Crippen molar-refractivity contribution in [2.24, 2.45) is 10.8 Å². The minimum Gasteiger partial charge on any atom is -0.481 e. The zero-order chi connectivity index (χ0) is 49.8. The predicted octanol–water partition coefficient (Wildman–Crippen LogP) is 16.7. The molecule has 2 aromatic rings. The Morgan fingerprint density at radius 3 is 1.18 bits per heavy atom. The second-order valence-corrected chi connectivity index (χ2v) is 15.2. The number of carbonyl (C=O) groups is 3. The van der Waals surface area contributed by atoms with E-state index in [1.54, 1.807) is 0 Å². The van der Waals surface area contributed by atoms with E-state index in [1.165, 1.54) is 0 Å². The zero-order valence-electron chi connectivity index (χ0n) is 32.3. The number of halogens is 20. The van der Waals surface area contributed by atoms with Crippen LogP contribution in [0.3, 0.4) is 0 Å². The van der Waals surface area contributed by atoms with Gasteiger partial charge in [-0.1, -0.05) is 90.6 Å². The highest BCUT2D eigenvalue weighted by molar-refractivity contribution is 5.90. The number of ether oxygens (including phenoxy) is 2. The van der Waals surface area contributed by atoms with E-state index in [0.717, 1.165) is 0 Å². The van der Waals surface area contributed by atoms with Crippen LogP contribution in [0, 0.1) is 10.8 Å². The van der Waals surface area contributed by atoms with Gasteiger partial charge in [0.05, 0.1) is 11.1 Å². The van der Waals surface area contributed by atoms with Gasteiger partial charge in [-0.15, -0.1) is 0 Å². The number of alkyl halides is 20. The van der Waals surface area contributed by atoms with E-state index in [0.29, 0.717) is 20.8 Å². The average Bonchev–Trinajstić information content (AvgIpc) is 3.07. The normalized spacial score (nSPS) is 15.5. The van der Waals surface area contributed by atoms with Crippen molar-refractivity contribution in [1.29, 1.82) is 0 Å².